The van der Waals surface area contributed by atoms with Gasteiger partial charge in [-0.05, 0) is 96.3 Å². The van der Waals surface area contributed by atoms with Crippen LogP contribution in [-0.2, 0) is 4.74 Å². The number of hydrogen-bond donors (Lipinski definition) is 2. The lowest BCUT2D eigenvalue weighted by atomic mass is 9.80. The fourth-order valence-corrected chi connectivity index (χ4v) is 4.68. The van der Waals surface area contributed by atoms with Crippen LogP contribution in [0.1, 0.15) is 92.4 Å². The lowest BCUT2D eigenvalue weighted by Gasteiger charge is -2.32. The maximum absolute atomic E-state index is 6.68. The fourth-order valence-electron chi connectivity index (χ4n) is 4.68. The Morgan fingerprint density at radius 3 is 2.61 bits per heavy atom. The van der Waals surface area contributed by atoms with Crippen molar-refractivity contribution in [2.75, 3.05) is 26.7 Å². The maximum Gasteiger partial charge on any atom is 0.0591 e. The molecule has 0 amide bonds. The zero-order valence-corrected chi connectivity index (χ0v) is 19.9. The van der Waals surface area contributed by atoms with Crippen molar-refractivity contribution in [1.29, 1.82) is 0 Å². The summed E-state index contributed by atoms with van der Waals surface area (Å²) in [6, 6.07) is 0. The summed E-state index contributed by atoms with van der Waals surface area (Å²) < 4.78 is 6.68. The van der Waals surface area contributed by atoms with Crippen LogP contribution in [0.2, 0.25) is 0 Å². The van der Waals surface area contributed by atoms with Crippen molar-refractivity contribution in [3.05, 3.63) is 11.6 Å². The first kappa shape index (κ1) is 25.7. The first-order valence-corrected chi connectivity index (χ1v) is 12.2. The number of hydrogen-bond acceptors (Lipinski definition) is 3. The Bertz CT molecular complexity index is 409. The third-order valence-corrected chi connectivity index (χ3v) is 6.70. The predicted molar refractivity (Wildman–Crippen MR) is 124 cm³/mol. The molecule has 0 aromatic carbocycles. The molecule has 1 aliphatic heterocycles. The van der Waals surface area contributed by atoms with E-state index in [1.165, 1.54) is 64.5 Å². The van der Waals surface area contributed by atoms with Gasteiger partial charge in [-0.3, -0.25) is 0 Å². The molecule has 0 radical (unpaired) electrons. The molecule has 5 atom stereocenters. The van der Waals surface area contributed by atoms with E-state index < -0.39 is 0 Å². The topological polar surface area (TPSA) is 33.3 Å². The average Bonchev–Trinajstić information content (AvgIpc) is 2.70. The number of allylic oxidation sites excluding steroid dienone is 2. The molecule has 3 heteroatoms. The van der Waals surface area contributed by atoms with Gasteiger partial charge in [0.15, 0.2) is 0 Å². The molecule has 0 aromatic heterocycles. The first-order chi connectivity index (χ1) is 13.5. The Labute approximate surface area is 176 Å². The van der Waals surface area contributed by atoms with E-state index in [9.17, 15) is 0 Å². The molecule has 1 aliphatic rings. The molecule has 0 saturated carbocycles. The Hall–Kier alpha value is -0.380. The minimum Gasteiger partial charge on any atom is -0.375 e. The molecule has 1 saturated heterocycles. The standard InChI is InChI=1S/C25H50N2O/c1-7-11-24(18-20(4)8-2)28-23(14-16-26-6)13-10-12-22(9-3)25-15-17-27-19-21(25)5/h9,20-21,23-27H,7-8,10-19H2,1-6H3/b22-9-/t20-,21+,23-,24?,25-/m0/s1. The van der Waals surface area contributed by atoms with E-state index in [0.717, 1.165) is 30.7 Å². The summed E-state index contributed by atoms with van der Waals surface area (Å²) >= 11 is 0. The first-order valence-electron chi connectivity index (χ1n) is 12.2. The van der Waals surface area contributed by atoms with Gasteiger partial charge < -0.3 is 15.4 Å². The van der Waals surface area contributed by atoms with E-state index in [0.29, 0.717) is 12.2 Å². The summed E-state index contributed by atoms with van der Waals surface area (Å²) in [4.78, 5) is 0. The van der Waals surface area contributed by atoms with Gasteiger partial charge in [0, 0.05) is 0 Å². The molecule has 1 fully saturated rings. The number of ether oxygens (including phenoxy) is 1. The molecule has 3 nitrogen and oxygen atoms in total. The molecule has 2 N–H and O–H groups in total. The zero-order valence-electron chi connectivity index (χ0n) is 19.9. The van der Waals surface area contributed by atoms with E-state index in [-0.39, 0.29) is 0 Å². The molecule has 28 heavy (non-hydrogen) atoms. The van der Waals surface area contributed by atoms with E-state index in [1.807, 2.05) is 0 Å². The fraction of sp³-hybridized carbons (Fsp3) is 0.920. The van der Waals surface area contributed by atoms with Crippen molar-refractivity contribution in [2.24, 2.45) is 17.8 Å². The highest BCUT2D eigenvalue weighted by atomic mass is 16.5. The molecule has 166 valence electrons. The van der Waals surface area contributed by atoms with Crippen LogP contribution in [0.25, 0.3) is 0 Å². The molecule has 0 bridgehead atoms. The summed E-state index contributed by atoms with van der Waals surface area (Å²) in [5.74, 6) is 2.31. The van der Waals surface area contributed by atoms with Gasteiger partial charge in [-0.1, -0.05) is 52.2 Å². The second-order valence-electron chi connectivity index (χ2n) is 9.14. The molecule has 1 rings (SSSR count). The highest BCUT2D eigenvalue weighted by Gasteiger charge is 2.24. The highest BCUT2D eigenvalue weighted by Crippen LogP contribution is 2.30. The lowest BCUT2D eigenvalue weighted by molar-refractivity contribution is -0.0352. The Morgan fingerprint density at radius 2 is 2.00 bits per heavy atom. The molecular weight excluding hydrogens is 344 g/mol. The molecular formula is C25H50N2O. The van der Waals surface area contributed by atoms with Gasteiger partial charge in [-0.25, -0.2) is 0 Å². The predicted octanol–water partition coefficient (Wildman–Crippen LogP) is 5.95. The van der Waals surface area contributed by atoms with Gasteiger partial charge in [-0.2, -0.15) is 0 Å². The van der Waals surface area contributed by atoms with Crippen molar-refractivity contribution in [2.45, 2.75) is 105 Å². The van der Waals surface area contributed by atoms with Crippen LogP contribution in [0.15, 0.2) is 11.6 Å². The molecule has 0 spiro atoms. The second-order valence-corrected chi connectivity index (χ2v) is 9.14. The molecule has 1 unspecified atom stereocenters. The Balaban J connectivity index is 2.56. The van der Waals surface area contributed by atoms with Gasteiger partial charge in [0.25, 0.3) is 0 Å². The number of nitrogens with one attached hydrogen (secondary N) is 2. The molecule has 0 aliphatic carbocycles. The van der Waals surface area contributed by atoms with E-state index in [4.69, 9.17) is 4.74 Å². The maximum atomic E-state index is 6.68. The van der Waals surface area contributed by atoms with Crippen molar-refractivity contribution in [3.63, 3.8) is 0 Å². The van der Waals surface area contributed by atoms with Crippen molar-refractivity contribution in [1.82, 2.24) is 10.6 Å². The summed E-state index contributed by atoms with van der Waals surface area (Å²) in [5, 5.41) is 6.87. The largest absolute Gasteiger partial charge is 0.375 e. The van der Waals surface area contributed by atoms with Gasteiger partial charge in [0.2, 0.25) is 0 Å². The van der Waals surface area contributed by atoms with Crippen molar-refractivity contribution >= 4 is 0 Å². The van der Waals surface area contributed by atoms with Gasteiger partial charge in [0.05, 0.1) is 12.2 Å². The number of piperidine rings is 1. The normalized spacial score (nSPS) is 24.1. The monoisotopic (exact) mass is 394 g/mol. The lowest BCUT2D eigenvalue weighted by Crippen LogP contribution is -2.35. The van der Waals surface area contributed by atoms with Crippen LogP contribution >= 0.6 is 0 Å². The Kier molecular flexibility index (Phi) is 14.2. The summed E-state index contributed by atoms with van der Waals surface area (Å²) in [6.07, 6.45) is 14.3. The summed E-state index contributed by atoms with van der Waals surface area (Å²) in [5.41, 5.74) is 1.69. The molecule has 0 aromatic rings. The summed E-state index contributed by atoms with van der Waals surface area (Å²) in [6.45, 7) is 15.0. The average molecular weight is 395 g/mol. The van der Waals surface area contributed by atoms with Crippen molar-refractivity contribution < 1.29 is 4.74 Å². The minimum atomic E-state index is 0.400. The molecule has 1 heterocycles. The van der Waals surface area contributed by atoms with Crippen LogP contribution in [-0.4, -0.2) is 38.9 Å². The van der Waals surface area contributed by atoms with E-state index in [1.54, 1.807) is 5.57 Å². The minimum absolute atomic E-state index is 0.400. The van der Waals surface area contributed by atoms with E-state index in [2.05, 4.69) is 58.4 Å². The van der Waals surface area contributed by atoms with Crippen LogP contribution in [0.4, 0.5) is 0 Å². The SMILES string of the molecule is C/C=C(/CCC[C@@H](CCNC)OC(CCC)C[C@@H](C)CC)[C@H]1CCNC[C@H]1C. The van der Waals surface area contributed by atoms with Gasteiger partial charge in [-0.15, -0.1) is 0 Å². The van der Waals surface area contributed by atoms with Crippen LogP contribution < -0.4 is 10.6 Å². The van der Waals surface area contributed by atoms with Crippen LogP contribution in [0.3, 0.4) is 0 Å². The van der Waals surface area contributed by atoms with Crippen LogP contribution in [0, 0.1) is 17.8 Å². The quantitative estimate of drug-likeness (QED) is 0.337. The van der Waals surface area contributed by atoms with Crippen LogP contribution in [0.5, 0.6) is 0 Å². The summed E-state index contributed by atoms with van der Waals surface area (Å²) in [7, 11) is 2.05. The third kappa shape index (κ3) is 9.89. The number of rotatable bonds is 15. The highest BCUT2D eigenvalue weighted by molar-refractivity contribution is 5.08. The second kappa shape index (κ2) is 15.5. The van der Waals surface area contributed by atoms with E-state index >= 15 is 0 Å². The van der Waals surface area contributed by atoms with Crippen molar-refractivity contribution in [3.8, 4) is 0 Å². The van der Waals surface area contributed by atoms with Gasteiger partial charge >= 0.3 is 0 Å². The zero-order chi connectivity index (χ0) is 20.8. The smallest absolute Gasteiger partial charge is 0.0591 e. The third-order valence-electron chi connectivity index (χ3n) is 6.70. The van der Waals surface area contributed by atoms with Gasteiger partial charge in [0.1, 0.15) is 0 Å². The Morgan fingerprint density at radius 1 is 1.21 bits per heavy atom.